The van der Waals surface area contributed by atoms with Gasteiger partial charge in [0.15, 0.2) is 6.61 Å². The second-order valence-electron chi connectivity index (χ2n) is 10.1. The molecule has 0 aromatic rings. The molecule has 0 heterocycles. The molecule has 0 aromatic carbocycles. The van der Waals surface area contributed by atoms with E-state index in [1.54, 1.807) is 20.8 Å². The van der Waals surface area contributed by atoms with Gasteiger partial charge in [0.25, 0.3) is 5.91 Å². The summed E-state index contributed by atoms with van der Waals surface area (Å²) in [6, 6.07) is -0.638. The Morgan fingerprint density at radius 2 is 1.52 bits per heavy atom. The maximum atomic E-state index is 12.8. The van der Waals surface area contributed by atoms with Crippen LogP contribution >= 0.6 is 0 Å². The van der Waals surface area contributed by atoms with Crippen LogP contribution in [0.1, 0.15) is 65.7 Å². The second kappa shape index (κ2) is 8.32. The number of carbonyl (C=O) groups is 4. The number of imide groups is 1. The molecule has 0 saturated heterocycles. The van der Waals surface area contributed by atoms with Crippen molar-refractivity contribution in [2.24, 2.45) is 23.2 Å². The SMILES string of the molecule is CC(C)(C)NC(=O)NC(=O)COC(=O)CCNC(=O)C12CC3CC(CC(C3)C1)C2. The van der Waals surface area contributed by atoms with Gasteiger partial charge in [0, 0.05) is 17.5 Å². The minimum Gasteiger partial charge on any atom is -0.456 e. The third kappa shape index (κ3) is 5.70. The molecular formula is C21H33N3O5. The molecule has 0 spiro atoms. The zero-order chi connectivity index (χ0) is 21.2. The van der Waals surface area contributed by atoms with Crippen molar-refractivity contribution in [3.05, 3.63) is 0 Å². The van der Waals surface area contributed by atoms with Gasteiger partial charge in [0.1, 0.15) is 0 Å². The first-order chi connectivity index (χ1) is 13.5. The number of nitrogens with one attached hydrogen (secondary N) is 3. The lowest BCUT2D eigenvalue weighted by molar-refractivity contribution is -0.149. The van der Waals surface area contributed by atoms with E-state index in [1.165, 1.54) is 19.3 Å². The van der Waals surface area contributed by atoms with E-state index in [9.17, 15) is 19.2 Å². The Morgan fingerprint density at radius 3 is 2.03 bits per heavy atom. The lowest BCUT2D eigenvalue weighted by atomic mass is 9.49. The normalized spacial score (nSPS) is 29.8. The van der Waals surface area contributed by atoms with Crippen LogP contribution in [-0.2, 0) is 19.1 Å². The van der Waals surface area contributed by atoms with Gasteiger partial charge < -0.3 is 15.4 Å². The summed E-state index contributed by atoms with van der Waals surface area (Å²) in [5, 5.41) is 7.60. The first kappa shape index (κ1) is 21.6. The fourth-order valence-corrected chi connectivity index (χ4v) is 5.61. The van der Waals surface area contributed by atoms with E-state index in [0.717, 1.165) is 19.3 Å². The number of hydrogen-bond acceptors (Lipinski definition) is 5. The molecular weight excluding hydrogens is 374 g/mol. The van der Waals surface area contributed by atoms with Crippen molar-refractivity contribution in [3.63, 3.8) is 0 Å². The highest BCUT2D eigenvalue weighted by atomic mass is 16.5. The average molecular weight is 408 g/mol. The molecule has 8 heteroatoms. The highest BCUT2D eigenvalue weighted by Gasteiger charge is 2.54. The lowest BCUT2D eigenvalue weighted by Crippen LogP contribution is -2.53. The molecule has 0 aromatic heterocycles. The Bertz CT molecular complexity index is 647. The van der Waals surface area contributed by atoms with Crippen molar-refractivity contribution in [2.45, 2.75) is 71.3 Å². The number of ether oxygens (including phenoxy) is 1. The van der Waals surface area contributed by atoms with Gasteiger partial charge in [-0.15, -0.1) is 0 Å². The van der Waals surface area contributed by atoms with Gasteiger partial charge in [-0.2, -0.15) is 0 Å². The van der Waals surface area contributed by atoms with E-state index in [-0.39, 0.29) is 24.3 Å². The average Bonchev–Trinajstić information content (AvgIpc) is 2.57. The standard InChI is InChI=1S/C21H33N3O5/c1-20(2,3)24-19(28)23-16(25)12-29-17(26)4-5-22-18(27)21-9-13-6-14(10-21)8-15(7-13)11-21/h13-15H,4-12H2,1-3H3,(H,22,27)(H2,23,24,25,28). The summed E-state index contributed by atoms with van der Waals surface area (Å²) < 4.78 is 4.88. The second-order valence-corrected chi connectivity index (χ2v) is 10.1. The Balaban J connectivity index is 1.33. The molecule has 4 aliphatic carbocycles. The van der Waals surface area contributed by atoms with E-state index < -0.39 is 30.1 Å². The van der Waals surface area contributed by atoms with Crippen molar-refractivity contribution in [1.82, 2.24) is 16.0 Å². The molecule has 0 radical (unpaired) electrons. The molecule has 0 atom stereocenters. The van der Waals surface area contributed by atoms with E-state index in [0.29, 0.717) is 17.8 Å². The molecule has 0 unspecified atom stereocenters. The molecule has 4 aliphatic rings. The van der Waals surface area contributed by atoms with Crippen molar-refractivity contribution in [2.75, 3.05) is 13.2 Å². The van der Waals surface area contributed by atoms with Gasteiger partial charge in [-0.25, -0.2) is 4.79 Å². The fraction of sp³-hybridized carbons (Fsp3) is 0.810. The summed E-state index contributed by atoms with van der Waals surface area (Å²) in [6.07, 6.45) is 6.75. The maximum Gasteiger partial charge on any atom is 0.321 e. The minimum atomic E-state index is -0.697. The molecule has 29 heavy (non-hydrogen) atoms. The van der Waals surface area contributed by atoms with Crippen molar-refractivity contribution < 1.29 is 23.9 Å². The Labute approximate surface area is 171 Å². The first-order valence-electron chi connectivity index (χ1n) is 10.6. The number of rotatable bonds is 6. The number of hydrogen-bond donors (Lipinski definition) is 3. The predicted octanol–water partition coefficient (Wildman–Crippen LogP) is 1.88. The smallest absolute Gasteiger partial charge is 0.321 e. The quantitative estimate of drug-likeness (QED) is 0.582. The van der Waals surface area contributed by atoms with Gasteiger partial charge in [-0.1, -0.05) is 0 Å². The predicted molar refractivity (Wildman–Crippen MR) is 106 cm³/mol. The van der Waals surface area contributed by atoms with E-state index in [1.807, 2.05) is 0 Å². The van der Waals surface area contributed by atoms with Crippen LogP contribution in [0.3, 0.4) is 0 Å². The Kier molecular flexibility index (Phi) is 6.19. The van der Waals surface area contributed by atoms with Crippen LogP contribution in [0, 0.1) is 23.2 Å². The van der Waals surface area contributed by atoms with Crippen LogP contribution in [0.25, 0.3) is 0 Å². The van der Waals surface area contributed by atoms with Crippen LogP contribution in [0.15, 0.2) is 0 Å². The van der Waals surface area contributed by atoms with Crippen LogP contribution in [-0.4, -0.2) is 42.5 Å². The fourth-order valence-electron chi connectivity index (χ4n) is 5.61. The van der Waals surface area contributed by atoms with E-state index in [2.05, 4.69) is 16.0 Å². The zero-order valence-electron chi connectivity index (χ0n) is 17.6. The number of amides is 4. The number of esters is 1. The molecule has 0 aliphatic heterocycles. The number of carbonyl (C=O) groups excluding carboxylic acids is 4. The molecule has 4 bridgehead atoms. The van der Waals surface area contributed by atoms with Crippen molar-refractivity contribution in [1.29, 1.82) is 0 Å². The minimum absolute atomic E-state index is 0.000423. The summed E-state index contributed by atoms with van der Waals surface area (Å²) in [7, 11) is 0. The monoisotopic (exact) mass is 407 g/mol. The summed E-state index contributed by atoms with van der Waals surface area (Å²) in [6.45, 7) is 5.03. The third-order valence-corrected chi connectivity index (χ3v) is 6.24. The van der Waals surface area contributed by atoms with Crippen LogP contribution in [0.4, 0.5) is 4.79 Å². The number of urea groups is 1. The topological polar surface area (TPSA) is 114 Å². The molecule has 4 rings (SSSR count). The van der Waals surface area contributed by atoms with Crippen molar-refractivity contribution in [3.8, 4) is 0 Å². The summed E-state index contributed by atoms with van der Waals surface area (Å²) in [5.41, 5.74) is -0.713. The van der Waals surface area contributed by atoms with Crippen LogP contribution < -0.4 is 16.0 Å². The van der Waals surface area contributed by atoms with E-state index in [4.69, 9.17) is 4.74 Å². The lowest BCUT2D eigenvalue weighted by Gasteiger charge is -2.55. The molecule has 4 saturated carbocycles. The molecule has 8 nitrogen and oxygen atoms in total. The molecule has 162 valence electrons. The van der Waals surface area contributed by atoms with Gasteiger partial charge in [-0.3, -0.25) is 19.7 Å². The summed E-state index contributed by atoms with van der Waals surface area (Å²) >= 11 is 0. The molecule has 3 N–H and O–H groups in total. The first-order valence-corrected chi connectivity index (χ1v) is 10.6. The summed E-state index contributed by atoms with van der Waals surface area (Å²) in [4.78, 5) is 47.9. The van der Waals surface area contributed by atoms with Gasteiger partial charge in [0.2, 0.25) is 5.91 Å². The molecule has 4 amide bonds. The Hall–Kier alpha value is -2.12. The molecule has 4 fully saturated rings. The van der Waals surface area contributed by atoms with E-state index >= 15 is 0 Å². The van der Waals surface area contributed by atoms with Crippen LogP contribution in [0.2, 0.25) is 0 Å². The van der Waals surface area contributed by atoms with Gasteiger partial charge in [0.05, 0.1) is 6.42 Å². The Morgan fingerprint density at radius 1 is 0.966 bits per heavy atom. The summed E-state index contributed by atoms with van der Waals surface area (Å²) in [5.74, 6) is 0.851. The van der Waals surface area contributed by atoms with Crippen LogP contribution in [0.5, 0.6) is 0 Å². The van der Waals surface area contributed by atoms with Gasteiger partial charge >= 0.3 is 12.0 Å². The third-order valence-electron chi connectivity index (χ3n) is 6.24. The highest BCUT2D eigenvalue weighted by molar-refractivity contribution is 5.95. The van der Waals surface area contributed by atoms with Gasteiger partial charge in [-0.05, 0) is 77.0 Å². The maximum absolute atomic E-state index is 12.8. The zero-order valence-corrected chi connectivity index (χ0v) is 17.6. The highest BCUT2D eigenvalue weighted by Crippen LogP contribution is 2.60. The van der Waals surface area contributed by atoms with Crippen molar-refractivity contribution >= 4 is 23.8 Å². The largest absolute Gasteiger partial charge is 0.456 e.